The molecule has 1 aromatic rings. The molecule has 26 heavy (non-hydrogen) atoms. The first kappa shape index (κ1) is 20.0. The van der Waals surface area contributed by atoms with Gasteiger partial charge in [0.2, 0.25) is 0 Å². The van der Waals surface area contributed by atoms with Crippen LogP contribution in [0.3, 0.4) is 0 Å². The molecule has 0 bridgehead atoms. The zero-order valence-corrected chi connectivity index (χ0v) is 15.5. The van der Waals surface area contributed by atoms with Gasteiger partial charge in [-0.05, 0) is 50.5 Å². The maximum atomic E-state index is 12.8. The first-order valence-electron chi connectivity index (χ1n) is 9.14. The summed E-state index contributed by atoms with van der Waals surface area (Å²) in [6.45, 7) is 5.11. The van der Waals surface area contributed by atoms with Crippen molar-refractivity contribution >= 4 is 11.9 Å². The average Bonchev–Trinajstić information content (AvgIpc) is 2.66. The first-order chi connectivity index (χ1) is 12.6. The lowest BCUT2D eigenvalue weighted by Crippen LogP contribution is -2.47. The molecule has 6 nitrogen and oxygen atoms in total. The number of hydrogen-bond donors (Lipinski definition) is 1. The fourth-order valence-corrected chi connectivity index (χ4v) is 2.91. The monoisotopic (exact) mass is 365 g/mol. The Balaban J connectivity index is 1.65. The van der Waals surface area contributed by atoms with E-state index in [-0.39, 0.29) is 17.7 Å². The lowest BCUT2D eigenvalue weighted by Gasteiger charge is -2.33. The van der Waals surface area contributed by atoms with E-state index >= 15 is 0 Å². The number of carbonyl (C=O) groups is 1. The van der Waals surface area contributed by atoms with Gasteiger partial charge in [-0.3, -0.25) is 9.79 Å². The number of esters is 1. The van der Waals surface area contributed by atoms with Crippen LogP contribution in [0.1, 0.15) is 26.2 Å². The van der Waals surface area contributed by atoms with Gasteiger partial charge < -0.3 is 19.7 Å². The minimum absolute atomic E-state index is 0.00610. The molecular formula is C19H28FN3O3. The largest absolute Gasteiger partial charge is 0.494 e. The highest BCUT2D eigenvalue weighted by Gasteiger charge is 2.27. The van der Waals surface area contributed by atoms with Crippen molar-refractivity contribution in [3.05, 3.63) is 30.1 Å². The SMILES string of the molecule is CCOC(=O)C1CCN(C(=NC)NCCCOc2ccc(F)cc2)CC1. The third-order valence-corrected chi connectivity index (χ3v) is 4.31. The van der Waals surface area contributed by atoms with Crippen LogP contribution in [0, 0.1) is 11.7 Å². The second kappa shape index (κ2) is 10.6. The van der Waals surface area contributed by atoms with Gasteiger partial charge in [-0.15, -0.1) is 0 Å². The zero-order chi connectivity index (χ0) is 18.8. The third-order valence-electron chi connectivity index (χ3n) is 4.31. The molecule has 0 radical (unpaired) electrons. The summed E-state index contributed by atoms with van der Waals surface area (Å²) in [6.07, 6.45) is 2.37. The summed E-state index contributed by atoms with van der Waals surface area (Å²) in [7, 11) is 1.76. The first-order valence-corrected chi connectivity index (χ1v) is 9.14. The number of piperidine rings is 1. The molecule has 0 spiro atoms. The molecule has 1 heterocycles. The van der Waals surface area contributed by atoms with Crippen LogP contribution in [0.5, 0.6) is 5.75 Å². The van der Waals surface area contributed by atoms with Crippen molar-refractivity contribution < 1.29 is 18.7 Å². The maximum Gasteiger partial charge on any atom is 0.309 e. The van der Waals surface area contributed by atoms with Crippen LogP contribution in [0.2, 0.25) is 0 Å². The molecule has 144 valence electrons. The van der Waals surface area contributed by atoms with E-state index in [0.717, 1.165) is 44.9 Å². The van der Waals surface area contributed by atoms with Crippen molar-refractivity contribution in [3.63, 3.8) is 0 Å². The van der Waals surface area contributed by atoms with E-state index in [9.17, 15) is 9.18 Å². The topological polar surface area (TPSA) is 63.2 Å². The predicted molar refractivity (Wildman–Crippen MR) is 98.8 cm³/mol. The highest BCUT2D eigenvalue weighted by molar-refractivity contribution is 5.80. The number of aliphatic imine (C=N–C) groups is 1. The van der Waals surface area contributed by atoms with E-state index in [1.807, 2.05) is 6.92 Å². The standard InChI is InChI=1S/C19H28FN3O3/c1-3-25-18(24)15-9-12-23(13-10-15)19(21-2)22-11-4-14-26-17-7-5-16(20)6-8-17/h5-8,15H,3-4,9-14H2,1-2H3,(H,21,22). The number of carbonyl (C=O) groups excluding carboxylic acids is 1. The van der Waals surface area contributed by atoms with Crippen LogP contribution in [-0.2, 0) is 9.53 Å². The van der Waals surface area contributed by atoms with Crippen molar-refractivity contribution in [2.24, 2.45) is 10.9 Å². The smallest absolute Gasteiger partial charge is 0.309 e. The molecule has 0 aliphatic carbocycles. The van der Waals surface area contributed by atoms with E-state index in [1.54, 1.807) is 19.2 Å². The summed E-state index contributed by atoms with van der Waals surface area (Å²) < 4.78 is 23.5. The third kappa shape index (κ3) is 6.20. The van der Waals surface area contributed by atoms with Gasteiger partial charge in [0.1, 0.15) is 11.6 Å². The quantitative estimate of drug-likeness (QED) is 0.348. The van der Waals surface area contributed by atoms with E-state index in [2.05, 4.69) is 15.2 Å². The van der Waals surface area contributed by atoms with Gasteiger partial charge in [-0.1, -0.05) is 0 Å². The van der Waals surface area contributed by atoms with E-state index in [0.29, 0.717) is 19.0 Å². The predicted octanol–water partition coefficient (Wildman–Crippen LogP) is 2.45. The lowest BCUT2D eigenvalue weighted by atomic mass is 9.97. The summed E-state index contributed by atoms with van der Waals surface area (Å²) in [5, 5.41) is 3.32. The summed E-state index contributed by atoms with van der Waals surface area (Å²) in [6, 6.07) is 6.01. The number of nitrogens with zero attached hydrogens (tertiary/aromatic N) is 2. The number of ether oxygens (including phenoxy) is 2. The Bertz CT molecular complexity index is 584. The fraction of sp³-hybridized carbons (Fsp3) is 0.579. The van der Waals surface area contributed by atoms with Crippen LogP contribution in [0.4, 0.5) is 4.39 Å². The molecule has 0 atom stereocenters. The Morgan fingerprint density at radius 3 is 2.62 bits per heavy atom. The number of guanidine groups is 1. The molecule has 1 aliphatic heterocycles. The van der Waals surface area contributed by atoms with Gasteiger partial charge in [0, 0.05) is 26.7 Å². The Hall–Kier alpha value is -2.31. The van der Waals surface area contributed by atoms with Gasteiger partial charge in [0.25, 0.3) is 0 Å². The van der Waals surface area contributed by atoms with E-state index < -0.39 is 0 Å². The summed E-state index contributed by atoms with van der Waals surface area (Å²) in [5.41, 5.74) is 0. The summed E-state index contributed by atoms with van der Waals surface area (Å²) >= 11 is 0. The van der Waals surface area contributed by atoms with Crippen LogP contribution in [0.25, 0.3) is 0 Å². The minimum Gasteiger partial charge on any atom is -0.494 e. The van der Waals surface area contributed by atoms with Gasteiger partial charge >= 0.3 is 5.97 Å². The number of benzene rings is 1. The molecule has 7 heteroatoms. The Labute approximate surface area is 154 Å². The second-order valence-electron chi connectivity index (χ2n) is 6.14. The number of hydrogen-bond acceptors (Lipinski definition) is 4. The molecule has 0 unspecified atom stereocenters. The van der Waals surface area contributed by atoms with Crippen molar-refractivity contribution in [2.45, 2.75) is 26.2 Å². The summed E-state index contributed by atoms with van der Waals surface area (Å²) in [4.78, 5) is 18.3. The molecular weight excluding hydrogens is 337 g/mol. The van der Waals surface area contributed by atoms with Gasteiger partial charge in [-0.25, -0.2) is 4.39 Å². The van der Waals surface area contributed by atoms with Gasteiger partial charge in [0.15, 0.2) is 5.96 Å². The van der Waals surface area contributed by atoms with E-state index in [4.69, 9.17) is 9.47 Å². The van der Waals surface area contributed by atoms with Crippen molar-refractivity contribution in [3.8, 4) is 5.75 Å². The molecule has 0 amide bonds. The van der Waals surface area contributed by atoms with Crippen molar-refractivity contribution in [1.29, 1.82) is 0 Å². The van der Waals surface area contributed by atoms with Gasteiger partial charge in [-0.2, -0.15) is 0 Å². The lowest BCUT2D eigenvalue weighted by molar-refractivity contribution is -0.149. The molecule has 0 aromatic heterocycles. The minimum atomic E-state index is -0.269. The number of rotatable bonds is 7. The van der Waals surface area contributed by atoms with Crippen molar-refractivity contribution in [1.82, 2.24) is 10.2 Å². The fourth-order valence-electron chi connectivity index (χ4n) is 2.91. The van der Waals surface area contributed by atoms with Gasteiger partial charge in [0.05, 0.1) is 19.1 Å². The van der Waals surface area contributed by atoms with E-state index in [1.165, 1.54) is 12.1 Å². The normalized spacial score (nSPS) is 15.7. The average molecular weight is 365 g/mol. The van der Waals surface area contributed by atoms with Crippen LogP contribution in [-0.4, -0.2) is 56.7 Å². The summed E-state index contributed by atoms with van der Waals surface area (Å²) in [5.74, 6) is 1.14. The molecule has 2 rings (SSSR count). The Morgan fingerprint density at radius 1 is 1.31 bits per heavy atom. The molecule has 1 aromatic carbocycles. The van der Waals surface area contributed by atoms with Crippen LogP contribution >= 0.6 is 0 Å². The highest BCUT2D eigenvalue weighted by Crippen LogP contribution is 2.18. The zero-order valence-electron chi connectivity index (χ0n) is 15.5. The number of nitrogens with one attached hydrogen (secondary N) is 1. The molecule has 1 saturated heterocycles. The number of halogens is 1. The Morgan fingerprint density at radius 2 is 2.00 bits per heavy atom. The second-order valence-corrected chi connectivity index (χ2v) is 6.14. The molecule has 0 saturated carbocycles. The van der Waals surface area contributed by atoms with Crippen LogP contribution in [0.15, 0.2) is 29.3 Å². The van der Waals surface area contributed by atoms with Crippen molar-refractivity contribution in [2.75, 3.05) is 39.9 Å². The number of likely N-dealkylation sites (tertiary alicyclic amines) is 1. The molecule has 1 N–H and O–H groups in total. The highest BCUT2D eigenvalue weighted by atomic mass is 19.1. The Kier molecular flexibility index (Phi) is 8.18. The molecule has 1 aliphatic rings. The molecule has 1 fully saturated rings. The maximum absolute atomic E-state index is 12.8. The van der Waals surface area contributed by atoms with Crippen LogP contribution < -0.4 is 10.1 Å².